The van der Waals surface area contributed by atoms with Crippen molar-refractivity contribution < 1.29 is 4.79 Å². The lowest BCUT2D eigenvalue weighted by Crippen LogP contribution is -2.35. The van der Waals surface area contributed by atoms with Crippen LogP contribution >= 0.6 is 0 Å². The molecule has 1 unspecified atom stereocenters. The summed E-state index contributed by atoms with van der Waals surface area (Å²) in [6, 6.07) is 0.569. The van der Waals surface area contributed by atoms with Gasteiger partial charge < -0.3 is 10.1 Å². The molecule has 2 nitrogen and oxygen atoms in total. The van der Waals surface area contributed by atoms with Crippen molar-refractivity contribution in [2.24, 2.45) is 5.92 Å². The molecule has 1 N–H and O–H groups in total. The first-order chi connectivity index (χ1) is 6.74. The summed E-state index contributed by atoms with van der Waals surface area (Å²) < 4.78 is 0. The molecule has 0 spiro atoms. The molecule has 82 valence electrons. The second-order valence-corrected chi connectivity index (χ2v) is 4.53. The van der Waals surface area contributed by atoms with Gasteiger partial charge in [0.1, 0.15) is 5.78 Å². The van der Waals surface area contributed by atoms with Crippen molar-refractivity contribution in [3.63, 3.8) is 0 Å². The van der Waals surface area contributed by atoms with E-state index in [1.165, 1.54) is 32.1 Å². The topological polar surface area (TPSA) is 29.1 Å². The van der Waals surface area contributed by atoms with Gasteiger partial charge in [-0.15, -0.1) is 0 Å². The van der Waals surface area contributed by atoms with Crippen LogP contribution in [0.2, 0.25) is 0 Å². The first-order valence-electron chi connectivity index (χ1n) is 5.90. The quantitative estimate of drug-likeness (QED) is 0.733. The summed E-state index contributed by atoms with van der Waals surface area (Å²) in [6.07, 6.45) is 8.62. The van der Waals surface area contributed by atoms with Crippen molar-refractivity contribution in [3.05, 3.63) is 0 Å². The third-order valence-corrected chi connectivity index (χ3v) is 3.40. The Morgan fingerprint density at radius 2 is 2.00 bits per heavy atom. The molecule has 0 amide bonds. The Morgan fingerprint density at radius 3 is 2.50 bits per heavy atom. The molecule has 1 rings (SSSR count). The minimum atomic E-state index is 0.320. The summed E-state index contributed by atoms with van der Waals surface area (Å²) in [5, 5.41) is 3.37. The molecular formula is C12H23NO. The predicted molar refractivity (Wildman–Crippen MR) is 59.3 cm³/mol. The summed E-state index contributed by atoms with van der Waals surface area (Å²) in [5.41, 5.74) is 0. The normalized spacial score (nSPS) is 20.7. The zero-order valence-corrected chi connectivity index (χ0v) is 9.51. The maximum atomic E-state index is 10.9. The SMILES string of the molecule is CNC(CCC(C)=O)C1CCCCC1. The highest BCUT2D eigenvalue weighted by Gasteiger charge is 2.22. The van der Waals surface area contributed by atoms with E-state index in [0.717, 1.165) is 18.8 Å². The van der Waals surface area contributed by atoms with Gasteiger partial charge in [-0.3, -0.25) is 0 Å². The Labute approximate surface area is 87.5 Å². The molecule has 1 aliphatic carbocycles. The Bertz CT molecular complexity index is 173. The number of hydrogen-bond donors (Lipinski definition) is 1. The lowest BCUT2D eigenvalue weighted by Gasteiger charge is -2.29. The van der Waals surface area contributed by atoms with E-state index in [0.29, 0.717) is 11.8 Å². The molecule has 14 heavy (non-hydrogen) atoms. The van der Waals surface area contributed by atoms with Crippen LogP contribution in [0.3, 0.4) is 0 Å². The Balaban J connectivity index is 2.31. The molecule has 0 aromatic rings. The molecule has 1 aliphatic rings. The van der Waals surface area contributed by atoms with E-state index in [1.807, 2.05) is 7.05 Å². The van der Waals surface area contributed by atoms with Crippen LogP contribution in [0, 0.1) is 5.92 Å². The molecule has 1 atom stereocenters. The zero-order valence-electron chi connectivity index (χ0n) is 9.51. The molecule has 1 fully saturated rings. The zero-order chi connectivity index (χ0) is 10.4. The molecule has 0 bridgehead atoms. The molecule has 0 saturated heterocycles. The van der Waals surface area contributed by atoms with Gasteiger partial charge in [0, 0.05) is 12.5 Å². The van der Waals surface area contributed by atoms with Gasteiger partial charge in [0.05, 0.1) is 0 Å². The van der Waals surface area contributed by atoms with Gasteiger partial charge in [0.2, 0.25) is 0 Å². The minimum absolute atomic E-state index is 0.320. The van der Waals surface area contributed by atoms with Crippen molar-refractivity contribution in [2.45, 2.75) is 57.9 Å². The fourth-order valence-electron chi connectivity index (χ4n) is 2.51. The molecule has 0 aliphatic heterocycles. The summed E-state index contributed by atoms with van der Waals surface area (Å²) in [4.78, 5) is 10.9. The molecule has 0 radical (unpaired) electrons. The molecule has 2 heteroatoms. The predicted octanol–water partition coefficient (Wildman–Crippen LogP) is 2.52. The highest BCUT2D eigenvalue weighted by Crippen LogP contribution is 2.28. The van der Waals surface area contributed by atoms with Crippen LogP contribution in [0.5, 0.6) is 0 Å². The van der Waals surface area contributed by atoms with Gasteiger partial charge in [-0.1, -0.05) is 19.3 Å². The third-order valence-electron chi connectivity index (χ3n) is 3.40. The number of nitrogens with one attached hydrogen (secondary N) is 1. The number of hydrogen-bond acceptors (Lipinski definition) is 2. The average molecular weight is 197 g/mol. The third kappa shape index (κ3) is 3.79. The molecule has 0 heterocycles. The average Bonchev–Trinajstić information content (AvgIpc) is 2.20. The van der Waals surface area contributed by atoms with E-state index < -0.39 is 0 Å². The number of carbonyl (C=O) groups excluding carboxylic acids is 1. The van der Waals surface area contributed by atoms with Crippen molar-refractivity contribution in [1.82, 2.24) is 5.32 Å². The van der Waals surface area contributed by atoms with E-state index in [1.54, 1.807) is 6.92 Å². The lowest BCUT2D eigenvalue weighted by atomic mass is 9.82. The lowest BCUT2D eigenvalue weighted by molar-refractivity contribution is -0.117. The van der Waals surface area contributed by atoms with E-state index in [2.05, 4.69) is 5.32 Å². The first-order valence-corrected chi connectivity index (χ1v) is 5.90. The monoisotopic (exact) mass is 197 g/mol. The van der Waals surface area contributed by atoms with Crippen LogP contribution in [0.1, 0.15) is 51.9 Å². The Hall–Kier alpha value is -0.370. The summed E-state index contributed by atoms with van der Waals surface area (Å²) in [6.45, 7) is 1.69. The number of rotatable bonds is 5. The maximum absolute atomic E-state index is 10.9. The standard InChI is InChI=1S/C12H23NO/c1-10(14)8-9-12(13-2)11-6-4-3-5-7-11/h11-13H,3-9H2,1-2H3. The number of carbonyl (C=O) groups is 1. The second-order valence-electron chi connectivity index (χ2n) is 4.53. The van der Waals surface area contributed by atoms with Crippen molar-refractivity contribution >= 4 is 5.78 Å². The Morgan fingerprint density at radius 1 is 1.36 bits per heavy atom. The second kappa shape index (κ2) is 6.18. The van der Waals surface area contributed by atoms with E-state index in [-0.39, 0.29) is 0 Å². The van der Waals surface area contributed by atoms with Gasteiger partial charge in [0.25, 0.3) is 0 Å². The maximum Gasteiger partial charge on any atom is 0.129 e. The van der Waals surface area contributed by atoms with Crippen LogP contribution in [0.4, 0.5) is 0 Å². The van der Waals surface area contributed by atoms with Crippen LogP contribution in [-0.2, 0) is 4.79 Å². The van der Waals surface area contributed by atoms with E-state index in [4.69, 9.17) is 0 Å². The van der Waals surface area contributed by atoms with Gasteiger partial charge in [-0.05, 0) is 39.2 Å². The first kappa shape index (κ1) is 11.7. The van der Waals surface area contributed by atoms with Gasteiger partial charge in [-0.25, -0.2) is 0 Å². The van der Waals surface area contributed by atoms with Crippen LogP contribution < -0.4 is 5.32 Å². The highest BCUT2D eigenvalue weighted by atomic mass is 16.1. The van der Waals surface area contributed by atoms with Crippen LogP contribution in [-0.4, -0.2) is 18.9 Å². The molecule has 0 aromatic heterocycles. The summed E-state index contributed by atoms with van der Waals surface area (Å²) >= 11 is 0. The highest BCUT2D eigenvalue weighted by molar-refractivity contribution is 5.75. The number of ketones is 1. The smallest absolute Gasteiger partial charge is 0.129 e. The number of Topliss-reactive ketones (excluding diaryl/α,β-unsaturated/α-hetero) is 1. The Kier molecular flexibility index (Phi) is 5.16. The summed E-state index contributed by atoms with van der Waals surface area (Å²) in [5.74, 6) is 1.13. The van der Waals surface area contributed by atoms with Crippen molar-refractivity contribution in [3.8, 4) is 0 Å². The largest absolute Gasteiger partial charge is 0.317 e. The summed E-state index contributed by atoms with van der Waals surface area (Å²) in [7, 11) is 2.03. The van der Waals surface area contributed by atoms with Crippen LogP contribution in [0.25, 0.3) is 0 Å². The van der Waals surface area contributed by atoms with Gasteiger partial charge >= 0.3 is 0 Å². The van der Waals surface area contributed by atoms with Gasteiger partial charge in [-0.2, -0.15) is 0 Å². The van der Waals surface area contributed by atoms with Gasteiger partial charge in [0.15, 0.2) is 0 Å². The minimum Gasteiger partial charge on any atom is -0.317 e. The molecule has 0 aromatic carbocycles. The van der Waals surface area contributed by atoms with Crippen LogP contribution in [0.15, 0.2) is 0 Å². The van der Waals surface area contributed by atoms with Crippen molar-refractivity contribution in [2.75, 3.05) is 7.05 Å². The fraction of sp³-hybridized carbons (Fsp3) is 0.917. The fourth-order valence-corrected chi connectivity index (χ4v) is 2.51. The van der Waals surface area contributed by atoms with E-state index >= 15 is 0 Å². The molecule has 1 saturated carbocycles. The van der Waals surface area contributed by atoms with E-state index in [9.17, 15) is 4.79 Å². The molecular weight excluding hydrogens is 174 g/mol. The van der Waals surface area contributed by atoms with Crippen molar-refractivity contribution in [1.29, 1.82) is 0 Å².